The molecule has 10 heavy (non-hydrogen) atoms. The van der Waals surface area contributed by atoms with Gasteiger partial charge in [-0.2, -0.15) is 5.10 Å². The number of nitrogens with one attached hydrogen (secondary N) is 1. The van der Waals surface area contributed by atoms with Crippen molar-refractivity contribution in [3.05, 3.63) is 30.2 Å². The molecule has 1 radical (unpaired) electrons. The number of aromatic nitrogens is 2. The number of benzene rings is 1. The van der Waals surface area contributed by atoms with Crippen LogP contribution in [0.15, 0.2) is 18.3 Å². The van der Waals surface area contributed by atoms with Crippen molar-refractivity contribution < 1.29 is 4.39 Å². The van der Waals surface area contributed by atoms with E-state index in [-0.39, 0.29) is 5.82 Å². The van der Waals surface area contributed by atoms with E-state index in [1.165, 1.54) is 12.1 Å². The van der Waals surface area contributed by atoms with E-state index in [1.54, 1.807) is 6.20 Å². The Balaban J connectivity index is 2.86. The molecule has 49 valence electrons. The predicted octanol–water partition coefficient (Wildman–Crippen LogP) is 1.50. The molecule has 0 saturated heterocycles. The molecular formula is C7H4FN2. The first-order valence-corrected chi connectivity index (χ1v) is 2.86. The Morgan fingerprint density at radius 1 is 1.60 bits per heavy atom. The Morgan fingerprint density at radius 2 is 2.50 bits per heavy atom. The van der Waals surface area contributed by atoms with Crippen LogP contribution >= 0.6 is 0 Å². The highest BCUT2D eigenvalue weighted by atomic mass is 19.1. The lowest BCUT2D eigenvalue weighted by Gasteiger charge is -1.85. The predicted molar refractivity (Wildman–Crippen MR) is 34.9 cm³/mol. The van der Waals surface area contributed by atoms with Gasteiger partial charge in [-0.1, -0.05) is 0 Å². The molecule has 1 aromatic heterocycles. The monoisotopic (exact) mass is 135 g/mol. The number of fused-ring (bicyclic) bond motifs is 1. The maximum Gasteiger partial charge on any atom is 0.125 e. The normalized spacial score (nSPS) is 10.5. The lowest BCUT2D eigenvalue weighted by molar-refractivity contribution is 0.629. The molecule has 0 spiro atoms. The summed E-state index contributed by atoms with van der Waals surface area (Å²) in [5.74, 6) is -0.295. The third-order valence-corrected chi connectivity index (χ3v) is 1.32. The summed E-state index contributed by atoms with van der Waals surface area (Å²) in [6, 6.07) is 5.41. The Morgan fingerprint density at radius 3 is 3.40 bits per heavy atom. The molecule has 2 aromatic rings. The number of rotatable bonds is 0. The summed E-state index contributed by atoms with van der Waals surface area (Å²) in [6.45, 7) is 0. The van der Waals surface area contributed by atoms with E-state index >= 15 is 0 Å². The van der Waals surface area contributed by atoms with Gasteiger partial charge in [-0.3, -0.25) is 5.10 Å². The Bertz CT molecular complexity index is 353. The molecule has 0 aliphatic rings. The largest absolute Gasteiger partial charge is 0.278 e. The molecule has 0 aliphatic carbocycles. The molecule has 2 nitrogen and oxygen atoms in total. The van der Waals surface area contributed by atoms with Gasteiger partial charge in [-0.15, -0.1) is 0 Å². The van der Waals surface area contributed by atoms with Crippen LogP contribution in [-0.4, -0.2) is 10.2 Å². The van der Waals surface area contributed by atoms with E-state index in [4.69, 9.17) is 0 Å². The van der Waals surface area contributed by atoms with E-state index in [0.29, 0.717) is 5.52 Å². The highest BCUT2D eigenvalue weighted by Crippen LogP contribution is 2.09. The van der Waals surface area contributed by atoms with Crippen LogP contribution in [0.4, 0.5) is 4.39 Å². The summed E-state index contributed by atoms with van der Waals surface area (Å²) in [7, 11) is 0. The quantitative estimate of drug-likeness (QED) is 0.582. The molecule has 0 amide bonds. The second-order valence-electron chi connectivity index (χ2n) is 2.02. The summed E-state index contributed by atoms with van der Waals surface area (Å²) < 4.78 is 12.4. The number of nitrogens with zero attached hydrogens (tertiary/aromatic N) is 1. The molecule has 0 aliphatic heterocycles. The minimum Gasteiger partial charge on any atom is -0.278 e. The van der Waals surface area contributed by atoms with Gasteiger partial charge in [-0.25, -0.2) is 4.39 Å². The molecule has 0 unspecified atom stereocenters. The summed E-state index contributed by atoms with van der Waals surface area (Å²) in [6.07, 6.45) is 1.61. The fourth-order valence-electron chi connectivity index (χ4n) is 0.847. The first-order chi connectivity index (χ1) is 4.86. The number of hydrogen-bond donors (Lipinski definition) is 1. The third kappa shape index (κ3) is 0.673. The fourth-order valence-corrected chi connectivity index (χ4v) is 0.847. The van der Waals surface area contributed by atoms with Crippen molar-refractivity contribution in [1.29, 1.82) is 0 Å². The molecule has 0 bridgehead atoms. The highest BCUT2D eigenvalue weighted by Gasteiger charge is 1.95. The Labute approximate surface area is 56.7 Å². The van der Waals surface area contributed by atoms with Crippen molar-refractivity contribution in [3.63, 3.8) is 0 Å². The van der Waals surface area contributed by atoms with Crippen LogP contribution in [-0.2, 0) is 0 Å². The summed E-state index contributed by atoms with van der Waals surface area (Å²) in [4.78, 5) is 0. The summed E-state index contributed by atoms with van der Waals surface area (Å²) >= 11 is 0. The average molecular weight is 135 g/mol. The zero-order valence-corrected chi connectivity index (χ0v) is 5.06. The van der Waals surface area contributed by atoms with Gasteiger partial charge in [0, 0.05) is 5.39 Å². The molecule has 3 heteroatoms. The van der Waals surface area contributed by atoms with E-state index in [1.807, 2.05) is 0 Å². The molecule has 1 aromatic carbocycles. The van der Waals surface area contributed by atoms with Crippen LogP contribution in [0.1, 0.15) is 0 Å². The van der Waals surface area contributed by atoms with Crippen LogP contribution < -0.4 is 0 Å². The smallest absolute Gasteiger partial charge is 0.125 e. The minimum atomic E-state index is -0.295. The van der Waals surface area contributed by atoms with Crippen LogP contribution in [0.3, 0.4) is 0 Å². The van der Waals surface area contributed by atoms with Gasteiger partial charge in [0.15, 0.2) is 0 Å². The average Bonchev–Trinajstić information content (AvgIpc) is 2.33. The SMILES string of the molecule is Fc1c[c]c2cn[nH]c2c1. The number of halogens is 1. The maximum atomic E-state index is 12.4. The third-order valence-electron chi connectivity index (χ3n) is 1.32. The highest BCUT2D eigenvalue weighted by molar-refractivity contribution is 5.76. The van der Waals surface area contributed by atoms with Gasteiger partial charge in [0.1, 0.15) is 5.82 Å². The first kappa shape index (κ1) is 5.41. The van der Waals surface area contributed by atoms with Gasteiger partial charge in [0.2, 0.25) is 0 Å². The number of H-pyrrole nitrogens is 1. The van der Waals surface area contributed by atoms with E-state index in [0.717, 1.165) is 5.39 Å². The molecular weight excluding hydrogens is 131 g/mol. The fraction of sp³-hybridized carbons (Fsp3) is 0. The van der Waals surface area contributed by atoms with E-state index in [2.05, 4.69) is 16.3 Å². The van der Waals surface area contributed by atoms with Gasteiger partial charge < -0.3 is 0 Å². The van der Waals surface area contributed by atoms with Crippen LogP contribution in [0, 0.1) is 11.9 Å². The second-order valence-corrected chi connectivity index (χ2v) is 2.02. The first-order valence-electron chi connectivity index (χ1n) is 2.86. The van der Waals surface area contributed by atoms with Crippen molar-refractivity contribution in [2.45, 2.75) is 0 Å². The van der Waals surface area contributed by atoms with Gasteiger partial charge in [0.05, 0.1) is 11.7 Å². The second kappa shape index (κ2) is 1.80. The Kier molecular flexibility index (Phi) is 0.974. The minimum absolute atomic E-state index is 0.295. The molecule has 0 fully saturated rings. The van der Waals surface area contributed by atoms with E-state index < -0.39 is 0 Å². The van der Waals surface area contributed by atoms with Crippen LogP contribution in [0.2, 0.25) is 0 Å². The molecule has 1 N–H and O–H groups in total. The number of hydrogen-bond acceptors (Lipinski definition) is 1. The molecule has 0 atom stereocenters. The molecule has 0 saturated carbocycles. The van der Waals surface area contributed by atoms with Crippen LogP contribution in [0.5, 0.6) is 0 Å². The van der Waals surface area contributed by atoms with Gasteiger partial charge in [-0.05, 0) is 18.2 Å². The standard InChI is InChI=1S/C7H4FN2/c8-6-2-1-5-4-9-10-7(5)3-6/h2-4H,(H,9,10). The van der Waals surface area contributed by atoms with Crippen molar-refractivity contribution in [2.24, 2.45) is 0 Å². The zero-order chi connectivity index (χ0) is 6.97. The lowest BCUT2D eigenvalue weighted by Crippen LogP contribution is -1.72. The van der Waals surface area contributed by atoms with Gasteiger partial charge in [0.25, 0.3) is 0 Å². The zero-order valence-electron chi connectivity index (χ0n) is 5.06. The molecule has 2 rings (SSSR count). The molecule has 1 heterocycles. The topological polar surface area (TPSA) is 28.7 Å². The maximum absolute atomic E-state index is 12.4. The van der Waals surface area contributed by atoms with E-state index in [9.17, 15) is 4.39 Å². The van der Waals surface area contributed by atoms with Crippen molar-refractivity contribution >= 4 is 10.9 Å². The Hall–Kier alpha value is -1.38. The lowest BCUT2D eigenvalue weighted by atomic mass is 10.2. The van der Waals surface area contributed by atoms with Crippen molar-refractivity contribution in [3.8, 4) is 0 Å². The van der Waals surface area contributed by atoms with Crippen molar-refractivity contribution in [2.75, 3.05) is 0 Å². The summed E-state index contributed by atoms with van der Waals surface area (Å²) in [5, 5.41) is 7.17. The number of aromatic amines is 1. The van der Waals surface area contributed by atoms with Gasteiger partial charge >= 0.3 is 0 Å². The van der Waals surface area contributed by atoms with Crippen LogP contribution in [0.25, 0.3) is 10.9 Å². The summed E-state index contributed by atoms with van der Waals surface area (Å²) in [5.41, 5.74) is 0.681. The van der Waals surface area contributed by atoms with Crippen molar-refractivity contribution in [1.82, 2.24) is 10.2 Å².